The second-order valence-corrected chi connectivity index (χ2v) is 3.41. The molecule has 2 N–H and O–H groups in total. The van der Waals surface area contributed by atoms with Gasteiger partial charge >= 0.3 is 0 Å². The topological polar surface area (TPSA) is 58.9 Å². The van der Waals surface area contributed by atoms with Crippen molar-refractivity contribution >= 4 is 0 Å². The van der Waals surface area contributed by atoms with Gasteiger partial charge in [0, 0.05) is 5.92 Å². The van der Waals surface area contributed by atoms with Crippen LogP contribution in [0.15, 0.2) is 12.2 Å². The highest BCUT2D eigenvalue weighted by Crippen LogP contribution is 2.35. The Hall–Kier alpha value is -0.420. The van der Waals surface area contributed by atoms with Crippen molar-refractivity contribution in [2.75, 3.05) is 13.2 Å². The zero-order valence-corrected chi connectivity index (χ0v) is 7.30. The molecule has 74 valence electrons. The van der Waals surface area contributed by atoms with Crippen molar-refractivity contribution < 1.29 is 19.7 Å². The van der Waals surface area contributed by atoms with Crippen LogP contribution in [0.2, 0.25) is 0 Å². The number of hydrogen-bond acceptors (Lipinski definition) is 4. The van der Waals surface area contributed by atoms with E-state index in [4.69, 9.17) is 14.6 Å². The smallest absolute Gasteiger partial charge is 0.160 e. The molecule has 4 unspecified atom stereocenters. The van der Waals surface area contributed by atoms with Crippen LogP contribution >= 0.6 is 0 Å². The lowest BCUT2D eigenvalue weighted by Crippen LogP contribution is -2.30. The molecule has 1 saturated heterocycles. The van der Waals surface area contributed by atoms with Crippen LogP contribution in [-0.2, 0) is 9.47 Å². The largest absolute Gasteiger partial charge is 0.394 e. The Morgan fingerprint density at radius 1 is 1.54 bits per heavy atom. The van der Waals surface area contributed by atoms with Crippen molar-refractivity contribution in [3.8, 4) is 0 Å². The minimum Gasteiger partial charge on any atom is -0.394 e. The Bertz CT molecular complexity index is 204. The SMILES string of the molecule is OCCOC(O)C1CC2C=CC1O2. The molecular weight excluding hydrogens is 172 g/mol. The average Bonchev–Trinajstić information content (AvgIpc) is 2.74. The van der Waals surface area contributed by atoms with Gasteiger partial charge in [0.1, 0.15) is 0 Å². The molecule has 2 aliphatic rings. The molecule has 0 aromatic heterocycles. The molecule has 4 nitrogen and oxygen atoms in total. The first-order valence-electron chi connectivity index (χ1n) is 4.55. The second kappa shape index (κ2) is 3.75. The van der Waals surface area contributed by atoms with Crippen LogP contribution in [0, 0.1) is 5.92 Å². The maximum atomic E-state index is 9.55. The van der Waals surface area contributed by atoms with Crippen molar-refractivity contribution in [1.29, 1.82) is 0 Å². The fraction of sp³-hybridized carbons (Fsp3) is 0.778. The summed E-state index contributed by atoms with van der Waals surface area (Å²) < 4.78 is 10.5. The summed E-state index contributed by atoms with van der Waals surface area (Å²) in [5.74, 6) is 0.0292. The van der Waals surface area contributed by atoms with Crippen molar-refractivity contribution in [3.63, 3.8) is 0 Å². The molecule has 4 atom stereocenters. The van der Waals surface area contributed by atoms with Crippen LogP contribution in [0.3, 0.4) is 0 Å². The summed E-state index contributed by atoms with van der Waals surface area (Å²) in [6.45, 7) is 0.118. The van der Waals surface area contributed by atoms with Gasteiger partial charge in [-0.2, -0.15) is 0 Å². The minimum absolute atomic E-state index is 0.00121. The summed E-state index contributed by atoms with van der Waals surface area (Å²) in [5.41, 5.74) is 0. The van der Waals surface area contributed by atoms with Crippen LogP contribution in [0.5, 0.6) is 0 Å². The van der Waals surface area contributed by atoms with E-state index in [9.17, 15) is 5.11 Å². The van der Waals surface area contributed by atoms with E-state index < -0.39 is 6.29 Å². The summed E-state index contributed by atoms with van der Waals surface area (Å²) in [5, 5.41) is 18.1. The number of fused-ring (bicyclic) bond motifs is 2. The average molecular weight is 186 g/mol. The molecule has 0 aromatic rings. The summed E-state index contributed by atoms with van der Waals surface area (Å²) >= 11 is 0. The molecule has 1 fully saturated rings. The van der Waals surface area contributed by atoms with Gasteiger partial charge in [-0.05, 0) is 6.42 Å². The van der Waals surface area contributed by atoms with Crippen molar-refractivity contribution in [3.05, 3.63) is 12.2 Å². The monoisotopic (exact) mass is 186 g/mol. The predicted octanol–water partition coefficient (Wildman–Crippen LogP) is -0.343. The third-order valence-corrected chi connectivity index (χ3v) is 2.52. The minimum atomic E-state index is -0.813. The number of aliphatic hydroxyl groups is 2. The van der Waals surface area contributed by atoms with Crippen molar-refractivity contribution in [2.45, 2.75) is 24.9 Å². The lowest BCUT2D eigenvalue weighted by atomic mass is 9.94. The quantitative estimate of drug-likeness (QED) is 0.465. The van der Waals surface area contributed by atoms with Gasteiger partial charge in [-0.15, -0.1) is 0 Å². The molecule has 0 aromatic carbocycles. The van der Waals surface area contributed by atoms with Gasteiger partial charge in [-0.3, -0.25) is 0 Å². The van der Waals surface area contributed by atoms with Crippen LogP contribution in [-0.4, -0.2) is 41.9 Å². The third-order valence-electron chi connectivity index (χ3n) is 2.52. The molecule has 0 spiro atoms. The molecule has 0 saturated carbocycles. The van der Waals surface area contributed by atoms with E-state index in [2.05, 4.69) is 0 Å². The Labute approximate surface area is 76.8 Å². The first-order valence-corrected chi connectivity index (χ1v) is 4.55. The van der Waals surface area contributed by atoms with E-state index in [1.807, 2.05) is 12.2 Å². The van der Waals surface area contributed by atoms with Crippen LogP contribution in [0.4, 0.5) is 0 Å². The van der Waals surface area contributed by atoms with Gasteiger partial charge < -0.3 is 19.7 Å². The highest BCUT2D eigenvalue weighted by atomic mass is 16.6. The van der Waals surface area contributed by atoms with Gasteiger partial charge in [-0.25, -0.2) is 0 Å². The van der Waals surface area contributed by atoms with Crippen molar-refractivity contribution in [1.82, 2.24) is 0 Å². The number of rotatable bonds is 4. The predicted molar refractivity (Wildman–Crippen MR) is 45.0 cm³/mol. The highest BCUT2D eigenvalue weighted by molar-refractivity contribution is 5.11. The number of hydrogen-bond donors (Lipinski definition) is 2. The van der Waals surface area contributed by atoms with E-state index >= 15 is 0 Å². The van der Waals surface area contributed by atoms with Crippen LogP contribution in [0.25, 0.3) is 0 Å². The van der Waals surface area contributed by atoms with E-state index in [1.165, 1.54) is 0 Å². The van der Waals surface area contributed by atoms with Gasteiger partial charge in [0.2, 0.25) is 0 Å². The van der Waals surface area contributed by atoms with Gasteiger partial charge in [-0.1, -0.05) is 12.2 Å². The lowest BCUT2D eigenvalue weighted by molar-refractivity contribution is -0.145. The van der Waals surface area contributed by atoms with Gasteiger partial charge in [0.25, 0.3) is 0 Å². The lowest BCUT2D eigenvalue weighted by Gasteiger charge is -2.21. The molecular formula is C9H14O4. The zero-order chi connectivity index (χ0) is 9.26. The summed E-state index contributed by atoms with van der Waals surface area (Å²) in [6.07, 6.45) is 4.13. The molecule has 0 amide bonds. The standard InChI is InChI=1S/C9H14O4/c10-3-4-12-9(11)7-5-6-1-2-8(7)13-6/h1-2,6-11H,3-5H2. The Morgan fingerprint density at radius 2 is 2.38 bits per heavy atom. The first-order chi connectivity index (χ1) is 6.31. The fourth-order valence-electron chi connectivity index (χ4n) is 1.88. The summed E-state index contributed by atoms with van der Waals surface area (Å²) in [7, 11) is 0. The summed E-state index contributed by atoms with van der Waals surface area (Å²) in [6, 6.07) is 0. The van der Waals surface area contributed by atoms with E-state index in [-0.39, 0.29) is 31.3 Å². The third kappa shape index (κ3) is 1.76. The molecule has 2 rings (SSSR count). The molecule has 13 heavy (non-hydrogen) atoms. The molecule has 0 aliphatic carbocycles. The maximum absolute atomic E-state index is 9.55. The van der Waals surface area contributed by atoms with E-state index in [0.717, 1.165) is 6.42 Å². The maximum Gasteiger partial charge on any atom is 0.160 e. The Kier molecular flexibility index (Phi) is 2.64. The Balaban J connectivity index is 1.84. The molecule has 2 bridgehead atoms. The first kappa shape index (κ1) is 9.15. The summed E-state index contributed by atoms with van der Waals surface area (Å²) in [4.78, 5) is 0. The molecule has 2 heterocycles. The zero-order valence-electron chi connectivity index (χ0n) is 7.30. The van der Waals surface area contributed by atoms with Crippen molar-refractivity contribution in [2.24, 2.45) is 5.92 Å². The van der Waals surface area contributed by atoms with Crippen LogP contribution < -0.4 is 0 Å². The number of ether oxygens (including phenoxy) is 2. The van der Waals surface area contributed by atoms with Crippen LogP contribution in [0.1, 0.15) is 6.42 Å². The van der Waals surface area contributed by atoms with E-state index in [0.29, 0.717) is 0 Å². The normalized spacial score (nSPS) is 38.5. The molecule has 4 heteroatoms. The second-order valence-electron chi connectivity index (χ2n) is 3.41. The molecule has 2 aliphatic heterocycles. The van der Waals surface area contributed by atoms with Gasteiger partial charge in [0.05, 0.1) is 25.4 Å². The molecule has 0 radical (unpaired) electrons. The Morgan fingerprint density at radius 3 is 2.92 bits per heavy atom. The number of aliphatic hydroxyl groups excluding tert-OH is 2. The van der Waals surface area contributed by atoms with Gasteiger partial charge in [0.15, 0.2) is 6.29 Å². The highest BCUT2D eigenvalue weighted by Gasteiger charge is 2.41. The fourth-order valence-corrected chi connectivity index (χ4v) is 1.88. The van der Waals surface area contributed by atoms with E-state index in [1.54, 1.807) is 0 Å².